The first kappa shape index (κ1) is 15.0. The van der Waals surface area contributed by atoms with Gasteiger partial charge >= 0.3 is 0 Å². The molecule has 0 atom stereocenters. The Morgan fingerprint density at radius 1 is 1.10 bits per heavy atom. The van der Waals surface area contributed by atoms with Crippen LogP contribution in [0.4, 0.5) is 0 Å². The molecule has 0 aromatic heterocycles. The van der Waals surface area contributed by atoms with Gasteiger partial charge in [0, 0.05) is 16.1 Å². The van der Waals surface area contributed by atoms with E-state index in [1.54, 1.807) is 19.2 Å². The van der Waals surface area contributed by atoms with E-state index in [0.717, 1.165) is 11.3 Å². The number of hydrogen-bond acceptors (Lipinski definition) is 3. The molecule has 0 amide bonds. The molecular weight excluding hydrogens is 299 g/mol. The van der Waals surface area contributed by atoms with Crippen LogP contribution >= 0.6 is 23.2 Å². The first-order valence-corrected chi connectivity index (χ1v) is 6.74. The summed E-state index contributed by atoms with van der Waals surface area (Å²) in [5, 5.41) is 10.2. The van der Waals surface area contributed by atoms with Crippen molar-refractivity contribution >= 4 is 23.2 Å². The Hall–Kier alpha value is -1.42. The van der Waals surface area contributed by atoms with E-state index in [2.05, 4.69) is 0 Å². The summed E-state index contributed by atoms with van der Waals surface area (Å²) < 4.78 is 11.0. The molecule has 0 fully saturated rings. The molecule has 2 aromatic carbocycles. The highest BCUT2D eigenvalue weighted by atomic mass is 35.5. The zero-order chi connectivity index (χ0) is 14.5. The zero-order valence-electron chi connectivity index (χ0n) is 10.9. The molecule has 106 valence electrons. The fourth-order valence-corrected chi connectivity index (χ4v) is 2.46. The van der Waals surface area contributed by atoms with Gasteiger partial charge in [0.1, 0.15) is 18.1 Å². The number of ether oxygens (including phenoxy) is 2. The Balaban J connectivity index is 2.23. The van der Waals surface area contributed by atoms with Crippen molar-refractivity contribution in [2.45, 2.75) is 13.2 Å². The molecule has 5 heteroatoms. The van der Waals surface area contributed by atoms with Crippen LogP contribution in [0, 0.1) is 0 Å². The van der Waals surface area contributed by atoms with Crippen molar-refractivity contribution < 1.29 is 14.6 Å². The normalized spacial score (nSPS) is 10.4. The first-order chi connectivity index (χ1) is 9.65. The van der Waals surface area contributed by atoms with Gasteiger partial charge in [0.05, 0.1) is 18.7 Å². The van der Waals surface area contributed by atoms with E-state index in [9.17, 15) is 5.11 Å². The summed E-state index contributed by atoms with van der Waals surface area (Å²) in [6.07, 6.45) is 0. The number of rotatable bonds is 5. The summed E-state index contributed by atoms with van der Waals surface area (Å²) in [6.45, 7) is 0.0971. The maximum absolute atomic E-state index is 9.34. The fraction of sp³-hybridized carbons (Fsp3) is 0.200. The Morgan fingerprint density at radius 2 is 1.85 bits per heavy atom. The number of halogens is 2. The summed E-state index contributed by atoms with van der Waals surface area (Å²) in [6, 6.07) is 10.8. The van der Waals surface area contributed by atoms with Crippen LogP contribution in [0.15, 0.2) is 36.4 Å². The molecule has 0 bridgehead atoms. The molecule has 0 aliphatic rings. The van der Waals surface area contributed by atoms with Crippen LogP contribution in [0.2, 0.25) is 10.0 Å². The average molecular weight is 313 g/mol. The molecule has 2 aromatic rings. The Bertz CT molecular complexity index is 600. The van der Waals surface area contributed by atoms with Gasteiger partial charge in [0.2, 0.25) is 0 Å². The third-order valence-corrected chi connectivity index (χ3v) is 3.32. The van der Waals surface area contributed by atoms with E-state index in [1.807, 2.05) is 24.3 Å². The van der Waals surface area contributed by atoms with Crippen molar-refractivity contribution in [3.8, 4) is 11.5 Å². The van der Waals surface area contributed by atoms with Gasteiger partial charge in [0.25, 0.3) is 0 Å². The van der Waals surface area contributed by atoms with Gasteiger partial charge in [0.15, 0.2) is 0 Å². The van der Waals surface area contributed by atoms with Gasteiger partial charge in [-0.2, -0.15) is 0 Å². The topological polar surface area (TPSA) is 38.7 Å². The lowest BCUT2D eigenvalue weighted by atomic mass is 10.2. The Morgan fingerprint density at radius 3 is 2.55 bits per heavy atom. The Kier molecular flexibility index (Phi) is 5.12. The lowest BCUT2D eigenvalue weighted by Gasteiger charge is -2.14. The highest BCUT2D eigenvalue weighted by molar-refractivity contribution is 6.35. The molecule has 0 saturated carbocycles. The SMILES string of the molecule is COc1ccccc1COc1c(Cl)cc(Cl)cc1CO. The highest BCUT2D eigenvalue weighted by Crippen LogP contribution is 2.33. The predicted molar refractivity (Wildman–Crippen MR) is 79.7 cm³/mol. The molecule has 0 aliphatic heterocycles. The largest absolute Gasteiger partial charge is 0.496 e. The molecule has 20 heavy (non-hydrogen) atoms. The van der Waals surface area contributed by atoms with Crippen LogP contribution in [0.1, 0.15) is 11.1 Å². The second-order valence-electron chi connectivity index (χ2n) is 4.13. The third-order valence-electron chi connectivity index (χ3n) is 2.82. The van der Waals surface area contributed by atoms with Crippen LogP contribution in [-0.4, -0.2) is 12.2 Å². The number of methoxy groups -OCH3 is 1. The van der Waals surface area contributed by atoms with E-state index in [0.29, 0.717) is 28.0 Å². The lowest BCUT2D eigenvalue weighted by molar-refractivity contribution is 0.257. The molecule has 0 saturated heterocycles. The second kappa shape index (κ2) is 6.84. The molecule has 0 heterocycles. The molecule has 2 rings (SSSR count). The average Bonchev–Trinajstić information content (AvgIpc) is 2.45. The van der Waals surface area contributed by atoms with Crippen molar-refractivity contribution in [1.29, 1.82) is 0 Å². The molecule has 0 radical (unpaired) electrons. The summed E-state index contributed by atoms with van der Waals surface area (Å²) in [5.74, 6) is 1.17. The van der Waals surface area contributed by atoms with Crippen LogP contribution < -0.4 is 9.47 Å². The molecule has 0 aliphatic carbocycles. The van der Waals surface area contributed by atoms with E-state index < -0.39 is 0 Å². The van der Waals surface area contributed by atoms with Gasteiger partial charge in [-0.3, -0.25) is 0 Å². The third kappa shape index (κ3) is 3.37. The number of aliphatic hydroxyl groups is 1. The standard InChI is InChI=1S/C15H14Cl2O3/c1-19-14-5-3-2-4-10(14)9-20-15-11(8-18)6-12(16)7-13(15)17/h2-7,18H,8-9H2,1H3. The van der Waals surface area contributed by atoms with Gasteiger partial charge in [-0.1, -0.05) is 41.4 Å². The first-order valence-electron chi connectivity index (χ1n) is 5.99. The van der Waals surface area contributed by atoms with Crippen molar-refractivity contribution in [3.63, 3.8) is 0 Å². The van der Waals surface area contributed by atoms with E-state index in [4.69, 9.17) is 32.7 Å². The minimum atomic E-state index is -0.193. The monoisotopic (exact) mass is 312 g/mol. The molecule has 1 N–H and O–H groups in total. The summed E-state index contributed by atoms with van der Waals surface area (Å²) in [5.41, 5.74) is 1.45. The maximum atomic E-state index is 9.34. The lowest BCUT2D eigenvalue weighted by Crippen LogP contribution is -2.01. The quantitative estimate of drug-likeness (QED) is 0.904. The number of aliphatic hydroxyl groups excluding tert-OH is 1. The van der Waals surface area contributed by atoms with Crippen LogP contribution in [0.25, 0.3) is 0 Å². The molecule has 3 nitrogen and oxygen atoms in total. The fourth-order valence-electron chi connectivity index (χ4n) is 1.86. The van der Waals surface area contributed by atoms with Crippen LogP contribution in [0.3, 0.4) is 0 Å². The van der Waals surface area contributed by atoms with Crippen molar-refractivity contribution in [1.82, 2.24) is 0 Å². The van der Waals surface area contributed by atoms with E-state index in [1.165, 1.54) is 0 Å². The highest BCUT2D eigenvalue weighted by Gasteiger charge is 2.11. The molecular formula is C15H14Cl2O3. The maximum Gasteiger partial charge on any atom is 0.144 e. The van der Waals surface area contributed by atoms with Crippen LogP contribution in [-0.2, 0) is 13.2 Å². The Labute approximate surface area is 127 Å². The smallest absolute Gasteiger partial charge is 0.144 e. The number of para-hydroxylation sites is 1. The van der Waals surface area contributed by atoms with Gasteiger partial charge in [-0.25, -0.2) is 0 Å². The summed E-state index contributed by atoms with van der Waals surface area (Å²) in [7, 11) is 1.60. The minimum absolute atomic E-state index is 0.193. The van der Waals surface area contributed by atoms with E-state index in [-0.39, 0.29) is 6.61 Å². The van der Waals surface area contributed by atoms with Gasteiger partial charge < -0.3 is 14.6 Å². The number of benzene rings is 2. The van der Waals surface area contributed by atoms with Crippen molar-refractivity contribution in [2.24, 2.45) is 0 Å². The second-order valence-corrected chi connectivity index (χ2v) is 4.98. The molecule has 0 spiro atoms. The molecule has 0 unspecified atom stereocenters. The summed E-state index contributed by atoms with van der Waals surface area (Å²) >= 11 is 12.0. The van der Waals surface area contributed by atoms with Gasteiger partial charge in [-0.05, 0) is 18.2 Å². The predicted octanol–water partition coefficient (Wildman–Crippen LogP) is 4.07. The van der Waals surface area contributed by atoms with Gasteiger partial charge in [-0.15, -0.1) is 0 Å². The van der Waals surface area contributed by atoms with Crippen molar-refractivity contribution in [3.05, 3.63) is 57.6 Å². The number of hydrogen-bond donors (Lipinski definition) is 1. The van der Waals surface area contributed by atoms with Crippen LogP contribution in [0.5, 0.6) is 11.5 Å². The zero-order valence-corrected chi connectivity index (χ0v) is 12.4. The summed E-state index contributed by atoms with van der Waals surface area (Å²) in [4.78, 5) is 0. The van der Waals surface area contributed by atoms with Crippen molar-refractivity contribution in [2.75, 3.05) is 7.11 Å². The minimum Gasteiger partial charge on any atom is -0.496 e. The van der Waals surface area contributed by atoms with E-state index >= 15 is 0 Å².